The van der Waals surface area contributed by atoms with Gasteiger partial charge in [-0.1, -0.05) is 46.1 Å². The van der Waals surface area contributed by atoms with Crippen LogP contribution in [0.25, 0.3) is 28.0 Å². The van der Waals surface area contributed by atoms with E-state index in [1.165, 1.54) is 22.8 Å². The van der Waals surface area contributed by atoms with Crippen LogP contribution in [0.15, 0.2) is 60.0 Å². The van der Waals surface area contributed by atoms with E-state index in [0.717, 1.165) is 5.56 Å². The monoisotopic (exact) mass is 599 g/mol. The molecule has 1 aliphatic heterocycles. The van der Waals surface area contributed by atoms with Crippen molar-refractivity contribution >= 4 is 28.7 Å². The highest BCUT2D eigenvalue weighted by molar-refractivity contribution is 6.00. The van der Waals surface area contributed by atoms with E-state index in [1.807, 2.05) is 39.5 Å². The molecule has 1 fully saturated rings. The van der Waals surface area contributed by atoms with E-state index in [2.05, 4.69) is 16.5 Å². The Balaban J connectivity index is 0.00000442. The molecule has 0 radical (unpaired) electrons. The number of primary amides is 1. The number of carbonyl (C=O) groups excluding carboxylic acids is 2. The Bertz CT molecular complexity index is 1830. The van der Waals surface area contributed by atoms with E-state index < -0.39 is 17.4 Å². The van der Waals surface area contributed by atoms with Crippen molar-refractivity contribution in [1.82, 2.24) is 24.4 Å². The van der Waals surface area contributed by atoms with Gasteiger partial charge < -0.3 is 15.5 Å². The van der Waals surface area contributed by atoms with Crippen LogP contribution in [0.5, 0.6) is 0 Å². The number of nitrogens with zero attached hydrogens (tertiary/aromatic N) is 6. The molecule has 2 amide bonds. The molecule has 2 atom stereocenters. The van der Waals surface area contributed by atoms with Crippen molar-refractivity contribution in [2.45, 2.75) is 60.0 Å². The highest BCUT2D eigenvalue weighted by Gasteiger charge is 2.34. The molecule has 3 aromatic heterocycles. The molecule has 0 spiro atoms. The van der Waals surface area contributed by atoms with Crippen molar-refractivity contribution in [3.05, 3.63) is 88.4 Å². The number of nitrogens with two attached hydrogens (primary N) is 1. The van der Waals surface area contributed by atoms with E-state index in [-0.39, 0.29) is 59.6 Å². The maximum absolute atomic E-state index is 16.1. The molecule has 0 unspecified atom stereocenters. The molecule has 10 nitrogen and oxygen atoms in total. The molecule has 230 valence electrons. The topological polar surface area (TPSA) is 127 Å². The lowest BCUT2D eigenvalue weighted by molar-refractivity contribution is -0.128. The van der Waals surface area contributed by atoms with Crippen LogP contribution < -0.4 is 16.3 Å². The fourth-order valence-electron chi connectivity index (χ4n) is 5.75. The number of fused-ring (bicyclic) bond motifs is 1. The lowest BCUT2D eigenvalue weighted by Crippen LogP contribution is -2.58. The number of pyridine rings is 2. The Hall–Kier alpha value is -4.93. The molecule has 5 rings (SSSR count). The Morgan fingerprint density at radius 2 is 1.82 bits per heavy atom. The smallest absolute Gasteiger partial charge is 0.355 e. The molecule has 4 aromatic rings. The van der Waals surface area contributed by atoms with Crippen LogP contribution in [-0.4, -0.2) is 61.4 Å². The highest BCUT2D eigenvalue weighted by atomic mass is 19.1. The van der Waals surface area contributed by atoms with Gasteiger partial charge in [-0.15, -0.1) is 0 Å². The molecule has 0 bridgehead atoms. The number of benzene rings is 1. The van der Waals surface area contributed by atoms with Crippen molar-refractivity contribution in [2.24, 2.45) is 5.73 Å². The molecule has 0 aliphatic carbocycles. The minimum atomic E-state index is -0.732. The maximum atomic E-state index is 16.1. The van der Waals surface area contributed by atoms with Gasteiger partial charge >= 0.3 is 5.69 Å². The Morgan fingerprint density at radius 1 is 1.11 bits per heavy atom. The van der Waals surface area contributed by atoms with E-state index >= 15 is 4.39 Å². The molecule has 4 heterocycles. The van der Waals surface area contributed by atoms with Gasteiger partial charge in [0.25, 0.3) is 0 Å². The largest absolute Gasteiger partial charge is 0.366 e. The molecular formula is C33H38FN7O3. The lowest BCUT2D eigenvalue weighted by Gasteiger charge is -2.44. The number of carbonyl (C=O) groups is 2. The normalized spacial score (nSPS) is 16.6. The van der Waals surface area contributed by atoms with Crippen LogP contribution in [0.3, 0.4) is 0 Å². The summed E-state index contributed by atoms with van der Waals surface area (Å²) in [5.41, 5.74) is 7.29. The van der Waals surface area contributed by atoms with E-state index in [1.54, 1.807) is 35.4 Å². The predicted molar refractivity (Wildman–Crippen MR) is 171 cm³/mol. The number of amides is 2. The summed E-state index contributed by atoms with van der Waals surface area (Å²) in [6.07, 6.45) is 2.96. The molecule has 1 aliphatic rings. The quantitative estimate of drug-likeness (QED) is 0.317. The van der Waals surface area contributed by atoms with E-state index in [4.69, 9.17) is 10.7 Å². The number of aryl methyl sites for hydroxylation is 1. The molecule has 44 heavy (non-hydrogen) atoms. The summed E-state index contributed by atoms with van der Waals surface area (Å²) >= 11 is 0. The fraction of sp³-hybridized carbons (Fsp3) is 0.333. The van der Waals surface area contributed by atoms with Gasteiger partial charge in [-0.05, 0) is 56.5 Å². The standard InChI is InChI=1S/C32H34FN7O3.CH4/c1-7-25(41)38-15-20(6)39(16-19(38)5)30-23-14-24(33)27(21-10-8-9-11-22(21)29(34)42)36-31(23)40(32(43)37-30)28-18(4)12-13-35-26(28)17(2)3;/h7-14,17,19-20H,1,15-16H2,2-6H3,(H2,34,42);1H4/t19-,20+;/m1./s1. The average Bonchev–Trinajstić information content (AvgIpc) is 2.97. The SMILES string of the molecule is C.C=CC(=O)N1C[C@H](C)N(c2nc(=O)n(-c3c(C)ccnc3C(C)C)c3nc(-c4ccccc4C(N)=O)c(F)cc23)C[C@H]1C. The van der Waals surface area contributed by atoms with Gasteiger partial charge in [0.1, 0.15) is 17.3 Å². The second kappa shape index (κ2) is 12.4. The summed E-state index contributed by atoms with van der Waals surface area (Å²) in [5, 5.41) is 0.304. The Morgan fingerprint density at radius 3 is 2.48 bits per heavy atom. The van der Waals surface area contributed by atoms with Crippen LogP contribution >= 0.6 is 0 Å². The fourth-order valence-corrected chi connectivity index (χ4v) is 5.75. The van der Waals surface area contributed by atoms with Crippen LogP contribution in [0.2, 0.25) is 0 Å². The van der Waals surface area contributed by atoms with Crippen LogP contribution in [0.1, 0.15) is 62.7 Å². The van der Waals surface area contributed by atoms with E-state index in [0.29, 0.717) is 29.9 Å². The van der Waals surface area contributed by atoms with Crippen molar-refractivity contribution < 1.29 is 14.0 Å². The zero-order valence-corrected chi connectivity index (χ0v) is 24.8. The Kier molecular flexibility index (Phi) is 8.98. The van der Waals surface area contributed by atoms with Gasteiger partial charge in [0.15, 0.2) is 5.65 Å². The summed E-state index contributed by atoms with van der Waals surface area (Å²) < 4.78 is 17.5. The van der Waals surface area contributed by atoms with Gasteiger partial charge in [-0.3, -0.25) is 14.6 Å². The first-order valence-corrected chi connectivity index (χ1v) is 14.1. The minimum Gasteiger partial charge on any atom is -0.366 e. The zero-order chi connectivity index (χ0) is 31.2. The maximum Gasteiger partial charge on any atom is 0.355 e. The minimum absolute atomic E-state index is 0. The molecule has 11 heteroatoms. The number of hydrogen-bond donors (Lipinski definition) is 1. The lowest BCUT2D eigenvalue weighted by atomic mass is 10.0. The number of anilines is 1. The van der Waals surface area contributed by atoms with Gasteiger partial charge in [-0.2, -0.15) is 4.98 Å². The third-order valence-corrected chi connectivity index (χ3v) is 7.89. The Labute approximate surface area is 256 Å². The summed E-state index contributed by atoms with van der Waals surface area (Å²) in [6.45, 7) is 13.9. The molecular weight excluding hydrogens is 561 g/mol. The molecule has 1 aromatic carbocycles. The van der Waals surface area contributed by atoms with Crippen LogP contribution in [0.4, 0.5) is 10.2 Å². The second-order valence-electron chi connectivity index (χ2n) is 11.2. The highest BCUT2D eigenvalue weighted by Crippen LogP contribution is 2.34. The molecule has 0 saturated carbocycles. The number of piperazine rings is 1. The second-order valence-corrected chi connectivity index (χ2v) is 11.2. The number of hydrogen-bond acceptors (Lipinski definition) is 7. The first kappa shape index (κ1) is 32.0. The summed E-state index contributed by atoms with van der Waals surface area (Å²) in [6, 6.07) is 8.97. The first-order chi connectivity index (χ1) is 20.4. The van der Waals surface area contributed by atoms with Crippen LogP contribution in [-0.2, 0) is 4.79 Å². The van der Waals surface area contributed by atoms with Gasteiger partial charge in [0, 0.05) is 42.5 Å². The molecule has 1 saturated heterocycles. The van der Waals surface area contributed by atoms with Crippen molar-refractivity contribution in [3.63, 3.8) is 0 Å². The van der Waals surface area contributed by atoms with Crippen molar-refractivity contribution in [3.8, 4) is 16.9 Å². The number of halogens is 1. The zero-order valence-electron chi connectivity index (χ0n) is 24.8. The van der Waals surface area contributed by atoms with Gasteiger partial charge in [-0.25, -0.2) is 18.7 Å². The van der Waals surface area contributed by atoms with Gasteiger partial charge in [0.05, 0.1) is 16.8 Å². The predicted octanol–water partition coefficient (Wildman–Crippen LogP) is 4.76. The summed E-state index contributed by atoms with van der Waals surface area (Å²) in [7, 11) is 0. The van der Waals surface area contributed by atoms with Crippen molar-refractivity contribution in [1.29, 1.82) is 0 Å². The first-order valence-electron chi connectivity index (χ1n) is 14.1. The average molecular weight is 600 g/mol. The summed E-state index contributed by atoms with van der Waals surface area (Å²) in [4.78, 5) is 56.2. The number of rotatable bonds is 6. The van der Waals surface area contributed by atoms with Gasteiger partial charge in [0.2, 0.25) is 11.8 Å². The third kappa shape index (κ3) is 5.45. The van der Waals surface area contributed by atoms with Crippen LogP contribution in [0, 0.1) is 12.7 Å². The molecule has 2 N–H and O–H groups in total. The van der Waals surface area contributed by atoms with E-state index in [9.17, 15) is 14.4 Å². The summed E-state index contributed by atoms with van der Waals surface area (Å²) in [5.74, 6) is -1.42. The third-order valence-electron chi connectivity index (χ3n) is 7.89. The number of aromatic nitrogens is 4. The van der Waals surface area contributed by atoms with Crippen molar-refractivity contribution in [2.75, 3.05) is 18.0 Å².